The Balaban J connectivity index is 1.29. The van der Waals surface area contributed by atoms with Crippen molar-refractivity contribution in [2.45, 2.75) is 19.4 Å². The van der Waals surface area contributed by atoms with Crippen LogP contribution >= 0.6 is 11.3 Å². The van der Waals surface area contributed by atoms with Gasteiger partial charge < -0.3 is 5.32 Å². The maximum atomic E-state index is 12.6. The number of amides is 1. The summed E-state index contributed by atoms with van der Waals surface area (Å²) in [6, 6.07) is 24.8. The second-order valence-corrected chi connectivity index (χ2v) is 8.55. The predicted molar refractivity (Wildman–Crippen MR) is 117 cm³/mol. The van der Waals surface area contributed by atoms with Gasteiger partial charge in [0.05, 0.1) is 4.88 Å². The molecule has 0 radical (unpaired) electrons. The topological polar surface area (TPSA) is 32.3 Å². The average molecular weight is 391 g/mol. The van der Waals surface area contributed by atoms with Crippen molar-refractivity contribution >= 4 is 17.2 Å². The number of benzene rings is 2. The Morgan fingerprint density at radius 1 is 1.00 bits per heavy atom. The molecule has 1 unspecified atom stereocenters. The number of carbonyl (C=O) groups excluding carboxylic acids is 1. The zero-order valence-electron chi connectivity index (χ0n) is 16.0. The molecule has 0 aliphatic carbocycles. The fourth-order valence-electron chi connectivity index (χ4n) is 3.84. The minimum absolute atomic E-state index is 0.0485. The molecule has 1 aromatic heterocycles. The number of nitrogens with zero attached hydrogens (tertiary/aromatic N) is 1. The van der Waals surface area contributed by atoms with Gasteiger partial charge in [0, 0.05) is 24.5 Å². The van der Waals surface area contributed by atoms with Crippen molar-refractivity contribution in [3.05, 3.63) is 83.2 Å². The van der Waals surface area contributed by atoms with E-state index in [2.05, 4.69) is 52.7 Å². The van der Waals surface area contributed by atoms with Crippen molar-refractivity contribution in [2.75, 3.05) is 19.6 Å². The van der Waals surface area contributed by atoms with Gasteiger partial charge in [0.25, 0.3) is 5.91 Å². The van der Waals surface area contributed by atoms with E-state index in [0.717, 1.165) is 41.5 Å². The summed E-state index contributed by atoms with van der Waals surface area (Å²) in [6.07, 6.45) is 2.38. The Morgan fingerprint density at radius 2 is 1.75 bits per heavy atom. The summed E-state index contributed by atoms with van der Waals surface area (Å²) in [7, 11) is 0. The van der Waals surface area contributed by atoms with Gasteiger partial charge in [-0.15, -0.1) is 11.3 Å². The summed E-state index contributed by atoms with van der Waals surface area (Å²) in [5, 5.41) is 3.16. The van der Waals surface area contributed by atoms with Gasteiger partial charge in [0.2, 0.25) is 0 Å². The number of carbonyl (C=O) groups is 1. The van der Waals surface area contributed by atoms with Crippen LogP contribution in [0.1, 0.15) is 28.1 Å². The van der Waals surface area contributed by atoms with Gasteiger partial charge >= 0.3 is 0 Å². The fraction of sp³-hybridized carbons (Fsp3) is 0.292. The number of rotatable bonds is 6. The Labute approximate surface area is 171 Å². The van der Waals surface area contributed by atoms with E-state index >= 15 is 0 Å². The van der Waals surface area contributed by atoms with E-state index in [9.17, 15) is 4.79 Å². The number of likely N-dealkylation sites (tertiary alicyclic amines) is 1. The molecule has 0 bridgehead atoms. The first-order valence-electron chi connectivity index (χ1n) is 9.97. The first-order chi connectivity index (χ1) is 13.8. The summed E-state index contributed by atoms with van der Waals surface area (Å²) in [5.41, 5.74) is 2.52. The largest absolute Gasteiger partial charge is 0.351 e. The third kappa shape index (κ3) is 4.89. The van der Waals surface area contributed by atoms with Crippen LogP contribution in [0.3, 0.4) is 0 Å². The molecule has 1 aliphatic heterocycles. The Hall–Kier alpha value is -2.43. The molecule has 1 amide bonds. The van der Waals surface area contributed by atoms with Gasteiger partial charge in [-0.1, -0.05) is 60.7 Å². The highest BCUT2D eigenvalue weighted by Crippen LogP contribution is 2.28. The molecule has 2 heterocycles. The summed E-state index contributed by atoms with van der Waals surface area (Å²) in [6.45, 7) is 3.94. The van der Waals surface area contributed by atoms with Crippen LogP contribution in [0.5, 0.6) is 0 Å². The van der Waals surface area contributed by atoms with Gasteiger partial charge in [-0.05, 0) is 48.6 Å². The lowest BCUT2D eigenvalue weighted by Crippen LogP contribution is -2.40. The first-order valence-corrected chi connectivity index (χ1v) is 10.8. The minimum Gasteiger partial charge on any atom is -0.351 e. The summed E-state index contributed by atoms with van der Waals surface area (Å²) in [5.74, 6) is 0.572. The number of thiophene rings is 1. The van der Waals surface area contributed by atoms with Crippen LogP contribution in [-0.4, -0.2) is 30.4 Å². The molecule has 1 aliphatic rings. The number of hydrogen-bond acceptors (Lipinski definition) is 3. The average Bonchev–Trinajstić information content (AvgIpc) is 3.24. The molecule has 1 N–H and O–H groups in total. The second kappa shape index (κ2) is 9.18. The highest BCUT2D eigenvalue weighted by atomic mass is 32.1. The van der Waals surface area contributed by atoms with Crippen LogP contribution in [0.25, 0.3) is 10.4 Å². The SMILES string of the molecule is O=C(NCC1CCCN(Cc2ccccc2)C1)c1ccc(-c2ccccc2)s1. The highest BCUT2D eigenvalue weighted by molar-refractivity contribution is 7.17. The third-order valence-corrected chi connectivity index (χ3v) is 6.42. The van der Waals surface area contributed by atoms with Crippen LogP contribution < -0.4 is 5.32 Å². The molecule has 3 aromatic rings. The minimum atomic E-state index is 0.0485. The molecule has 1 saturated heterocycles. The van der Waals surface area contributed by atoms with E-state index in [1.165, 1.54) is 18.4 Å². The molecule has 28 heavy (non-hydrogen) atoms. The molecule has 0 saturated carbocycles. The van der Waals surface area contributed by atoms with Crippen molar-refractivity contribution in [1.29, 1.82) is 0 Å². The standard InChI is InChI=1S/C24H26N2OS/c27-24(23-14-13-22(28-23)21-11-5-2-6-12-21)25-16-20-10-7-15-26(18-20)17-19-8-3-1-4-9-19/h1-6,8-9,11-14,20H,7,10,15-18H2,(H,25,27). The van der Waals surface area contributed by atoms with E-state index < -0.39 is 0 Å². The van der Waals surface area contributed by atoms with Gasteiger partial charge in [0.1, 0.15) is 0 Å². The van der Waals surface area contributed by atoms with Crippen molar-refractivity contribution in [1.82, 2.24) is 10.2 Å². The van der Waals surface area contributed by atoms with Gasteiger partial charge in [0.15, 0.2) is 0 Å². The molecule has 0 spiro atoms. The zero-order chi connectivity index (χ0) is 19.2. The molecule has 1 fully saturated rings. The molecule has 144 valence electrons. The van der Waals surface area contributed by atoms with Crippen LogP contribution in [0.15, 0.2) is 72.8 Å². The Morgan fingerprint density at radius 3 is 2.54 bits per heavy atom. The summed E-state index contributed by atoms with van der Waals surface area (Å²) < 4.78 is 0. The smallest absolute Gasteiger partial charge is 0.261 e. The van der Waals surface area contributed by atoms with E-state index in [-0.39, 0.29) is 5.91 Å². The maximum absolute atomic E-state index is 12.6. The molecular weight excluding hydrogens is 364 g/mol. The normalized spacial score (nSPS) is 17.4. The Kier molecular flexibility index (Phi) is 6.20. The van der Waals surface area contributed by atoms with Crippen LogP contribution in [-0.2, 0) is 6.54 Å². The summed E-state index contributed by atoms with van der Waals surface area (Å²) >= 11 is 1.56. The van der Waals surface area contributed by atoms with Crippen LogP contribution in [0.2, 0.25) is 0 Å². The lowest BCUT2D eigenvalue weighted by Gasteiger charge is -2.32. The number of piperidine rings is 1. The molecule has 3 nitrogen and oxygen atoms in total. The first kappa shape index (κ1) is 18.9. The third-order valence-electron chi connectivity index (χ3n) is 5.29. The van der Waals surface area contributed by atoms with Crippen molar-refractivity contribution in [2.24, 2.45) is 5.92 Å². The Bertz CT molecular complexity index is 891. The number of hydrogen-bond donors (Lipinski definition) is 1. The molecule has 1 atom stereocenters. The van der Waals surface area contributed by atoms with Gasteiger partial charge in [-0.25, -0.2) is 0 Å². The van der Waals surface area contributed by atoms with Crippen LogP contribution in [0.4, 0.5) is 0 Å². The quantitative estimate of drug-likeness (QED) is 0.638. The predicted octanol–water partition coefficient (Wildman–Crippen LogP) is 5.06. The summed E-state index contributed by atoms with van der Waals surface area (Å²) in [4.78, 5) is 17.0. The van der Waals surface area contributed by atoms with Crippen molar-refractivity contribution in [3.8, 4) is 10.4 Å². The molecule has 4 heteroatoms. The lowest BCUT2D eigenvalue weighted by atomic mass is 9.97. The molecular formula is C24H26N2OS. The second-order valence-electron chi connectivity index (χ2n) is 7.47. The lowest BCUT2D eigenvalue weighted by molar-refractivity contribution is 0.0934. The monoisotopic (exact) mass is 390 g/mol. The van der Waals surface area contributed by atoms with Crippen molar-refractivity contribution < 1.29 is 4.79 Å². The highest BCUT2D eigenvalue weighted by Gasteiger charge is 2.21. The van der Waals surface area contributed by atoms with E-state index in [1.54, 1.807) is 11.3 Å². The molecule has 2 aromatic carbocycles. The zero-order valence-corrected chi connectivity index (χ0v) is 16.8. The van der Waals surface area contributed by atoms with Crippen LogP contribution in [0, 0.1) is 5.92 Å². The van der Waals surface area contributed by atoms with Gasteiger partial charge in [-0.2, -0.15) is 0 Å². The van der Waals surface area contributed by atoms with Gasteiger partial charge in [-0.3, -0.25) is 9.69 Å². The maximum Gasteiger partial charge on any atom is 0.261 e. The van der Waals surface area contributed by atoms with Crippen molar-refractivity contribution in [3.63, 3.8) is 0 Å². The van der Waals surface area contributed by atoms with E-state index in [1.807, 2.05) is 30.3 Å². The van der Waals surface area contributed by atoms with E-state index in [0.29, 0.717) is 5.92 Å². The van der Waals surface area contributed by atoms with E-state index in [4.69, 9.17) is 0 Å². The fourth-order valence-corrected chi connectivity index (χ4v) is 4.77. The number of nitrogens with one attached hydrogen (secondary N) is 1. The molecule has 4 rings (SSSR count).